The zero-order valence-corrected chi connectivity index (χ0v) is 26.7. The number of ether oxygens (including phenoxy) is 1. The van der Waals surface area contributed by atoms with Crippen LogP contribution in [0, 0.1) is 6.92 Å². The number of aryl methyl sites for hydroxylation is 2. The van der Waals surface area contributed by atoms with Gasteiger partial charge in [0, 0.05) is 49.1 Å². The summed E-state index contributed by atoms with van der Waals surface area (Å²) in [6.45, 7) is 15.1. The molecular formula is C32H39N7O3S. The number of likely N-dealkylation sites (tertiary alicyclic amines) is 1. The van der Waals surface area contributed by atoms with Crippen molar-refractivity contribution < 1.29 is 14.3 Å². The number of nitrogens with zero attached hydrogens (tertiary/aromatic N) is 6. The predicted octanol–water partition coefficient (Wildman–Crippen LogP) is 6.75. The average molecular weight is 602 g/mol. The second-order valence-electron chi connectivity index (χ2n) is 13.0. The van der Waals surface area contributed by atoms with Gasteiger partial charge in [0.2, 0.25) is 5.95 Å². The van der Waals surface area contributed by atoms with E-state index in [1.165, 1.54) is 11.3 Å². The Morgan fingerprint density at radius 2 is 1.84 bits per heavy atom. The molecule has 10 nitrogen and oxygen atoms in total. The lowest BCUT2D eigenvalue weighted by Crippen LogP contribution is -2.52. The summed E-state index contributed by atoms with van der Waals surface area (Å²) in [4.78, 5) is 41.0. The highest BCUT2D eigenvalue weighted by atomic mass is 32.1. The SMILES string of the molecule is Cc1cc(-c2ccnc(Nc3cnn(C4CN(C(=O)OC(C)(C)C)C4)c3)n2)ccc1CCC(=O)c1cnc(C(C)(C)C)s1. The molecule has 1 saturated heterocycles. The molecule has 226 valence electrons. The van der Waals surface area contributed by atoms with Crippen molar-refractivity contribution >= 4 is 34.8 Å². The quantitative estimate of drug-likeness (QED) is 0.221. The van der Waals surface area contributed by atoms with Crippen LogP contribution in [-0.2, 0) is 16.6 Å². The molecule has 1 fully saturated rings. The highest BCUT2D eigenvalue weighted by molar-refractivity contribution is 7.13. The third kappa shape index (κ3) is 7.45. The second-order valence-corrected chi connectivity index (χ2v) is 14.0. The van der Waals surface area contributed by atoms with Crippen molar-refractivity contribution in [2.75, 3.05) is 18.4 Å². The number of anilines is 2. The lowest BCUT2D eigenvalue weighted by atomic mass is 9.98. The van der Waals surface area contributed by atoms with Gasteiger partial charge in [-0.1, -0.05) is 32.9 Å². The van der Waals surface area contributed by atoms with E-state index in [0.29, 0.717) is 31.9 Å². The maximum absolute atomic E-state index is 12.8. The molecule has 0 atom stereocenters. The largest absolute Gasteiger partial charge is 0.444 e. The summed E-state index contributed by atoms with van der Waals surface area (Å²) in [6.07, 6.45) is 7.87. The summed E-state index contributed by atoms with van der Waals surface area (Å²) in [6, 6.07) is 8.18. The molecule has 0 radical (unpaired) electrons. The Bertz CT molecular complexity index is 1620. The van der Waals surface area contributed by atoms with Crippen molar-refractivity contribution in [3.8, 4) is 11.3 Å². The highest BCUT2D eigenvalue weighted by Crippen LogP contribution is 2.29. The molecule has 1 aliphatic rings. The minimum atomic E-state index is -0.514. The third-order valence-corrected chi connectivity index (χ3v) is 8.55. The summed E-state index contributed by atoms with van der Waals surface area (Å²) in [5.74, 6) is 0.594. The zero-order chi connectivity index (χ0) is 30.9. The molecule has 1 N–H and O–H groups in total. The number of aromatic nitrogens is 5. The van der Waals surface area contributed by atoms with Gasteiger partial charge >= 0.3 is 6.09 Å². The molecule has 0 unspecified atom stereocenters. The van der Waals surface area contributed by atoms with Crippen LogP contribution in [-0.4, -0.2) is 60.2 Å². The highest BCUT2D eigenvalue weighted by Gasteiger charge is 2.35. The third-order valence-electron chi connectivity index (χ3n) is 7.08. The summed E-state index contributed by atoms with van der Waals surface area (Å²) < 4.78 is 7.28. The van der Waals surface area contributed by atoms with Crippen molar-refractivity contribution in [2.45, 2.75) is 78.4 Å². The van der Waals surface area contributed by atoms with Crippen LogP contribution < -0.4 is 5.32 Å². The molecule has 0 bridgehead atoms. The molecule has 4 heterocycles. The Morgan fingerprint density at radius 3 is 2.51 bits per heavy atom. The number of benzene rings is 1. The first-order valence-electron chi connectivity index (χ1n) is 14.5. The number of Topliss-reactive ketones (excluding diaryl/α,β-unsaturated/α-hetero) is 1. The van der Waals surface area contributed by atoms with E-state index in [-0.39, 0.29) is 23.3 Å². The summed E-state index contributed by atoms with van der Waals surface area (Å²) in [5, 5.41) is 8.67. The minimum absolute atomic E-state index is 0.0584. The Kier molecular flexibility index (Phi) is 8.38. The van der Waals surface area contributed by atoms with Gasteiger partial charge in [-0.2, -0.15) is 5.10 Å². The van der Waals surface area contributed by atoms with Gasteiger partial charge in [-0.25, -0.2) is 19.7 Å². The lowest BCUT2D eigenvalue weighted by Gasteiger charge is -2.39. The zero-order valence-electron chi connectivity index (χ0n) is 25.8. The van der Waals surface area contributed by atoms with E-state index in [0.717, 1.165) is 38.0 Å². The van der Waals surface area contributed by atoms with Gasteiger partial charge in [-0.15, -0.1) is 11.3 Å². The smallest absolute Gasteiger partial charge is 0.410 e. The van der Waals surface area contributed by atoms with Gasteiger partial charge in [0.15, 0.2) is 5.78 Å². The molecule has 1 amide bonds. The molecule has 3 aromatic heterocycles. The van der Waals surface area contributed by atoms with Crippen LogP contribution in [0.25, 0.3) is 11.3 Å². The minimum Gasteiger partial charge on any atom is -0.444 e. The maximum Gasteiger partial charge on any atom is 0.410 e. The number of nitrogens with one attached hydrogen (secondary N) is 1. The molecule has 0 spiro atoms. The first-order valence-corrected chi connectivity index (χ1v) is 15.3. The normalized spacial score (nSPS) is 14.0. The fourth-order valence-corrected chi connectivity index (χ4v) is 5.61. The molecule has 11 heteroatoms. The fraction of sp³-hybridized carbons (Fsp3) is 0.438. The standard InChI is InChI=1S/C32H39N7O3S/c1-20-14-22(9-8-21(20)10-11-26(40)27-16-34-28(43-27)31(2,3)4)25-12-13-33-29(37-25)36-23-15-35-39(17-23)24-18-38(19-24)30(41)42-32(5,6)7/h8-9,12-17,24H,10-11,18-19H2,1-7H3,(H,33,36,37). The van der Waals surface area contributed by atoms with Crippen molar-refractivity contribution in [1.82, 2.24) is 29.6 Å². The topological polar surface area (TPSA) is 115 Å². The van der Waals surface area contributed by atoms with Crippen molar-refractivity contribution in [2.24, 2.45) is 0 Å². The molecule has 0 aliphatic carbocycles. The van der Waals surface area contributed by atoms with E-state index >= 15 is 0 Å². The van der Waals surface area contributed by atoms with Gasteiger partial charge in [0.1, 0.15) is 5.60 Å². The number of ketones is 1. The van der Waals surface area contributed by atoms with Crippen LogP contribution in [0.1, 0.15) is 79.8 Å². The van der Waals surface area contributed by atoms with E-state index in [2.05, 4.69) is 60.2 Å². The number of hydrogen-bond donors (Lipinski definition) is 1. The Balaban J connectivity index is 1.17. The van der Waals surface area contributed by atoms with E-state index in [4.69, 9.17) is 9.72 Å². The monoisotopic (exact) mass is 601 g/mol. The molecular weight excluding hydrogens is 562 g/mol. The van der Waals surface area contributed by atoms with Crippen LogP contribution in [0.5, 0.6) is 0 Å². The predicted molar refractivity (Wildman–Crippen MR) is 168 cm³/mol. The Morgan fingerprint density at radius 1 is 1.07 bits per heavy atom. The van der Waals surface area contributed by atoms with Gasteiger partial charge in [-0.3, -0.25) is 9.48 Å². The van der Waals surface area contributed by atoms with E-state index < -0.39 is 5.60 Å². The van der Waals surface area contributed by atoms with Crippen LogP contribution >= 0.6 is 11.3 Å². The van der Waals surface area contributed by atoms with Crippen molar-refractivity contribution in [3.63, 3.8) is 0 Å². The number of hydrogen-bond acceptors (Lipinski definition) is 9. The Labute approximate surface area is 256 Å². The summed E-state index contributed by atoms with van der Waals surface area (Å²) in [5.41, 5.74) is 4.21. The molecule has 1 aromatic carbocycles. The van der Waals surface area contributed by atoms with Gasteiger partial charge < -0.3 is 15.0 Å². The number of carbonyl (C=O) groups excluding carboxylic acids is 2. The molecule has 0 saturated carbocycles. The van der Waals surface area contributed by atoms with E-state index in [1.807, 2.05) is 43.8 Å². The van der Waals surface area contributed by atoms with Crippen LogP contribution in [0.2, 0.25) is 0 Å². The summed E-state index contributed by atoms with van der Waals surface area (Å²) in [7, 11) is 0. The van der Waals surface area contributed by atoms with Crippen molar-refractivity contribution in [1.29, 1.82) is 0 Å². The number of amides is 1. The van der Waals surface area contributed by atoms with E-state index in [1.54, 1.807) is 23.5 Å². The molecule has 1 aliphatic heterocycles. The lowest BCUT2D eigenvalue weighted by molar-refractivity contribution is -0.000388. The Hall–Kier alpha value is -4.12. The number of thiazole rings is 1. The van der Waals surface area contributed by atoms with Crippen LogP contribution in [0.15, 0.2) is 49.1 Å². The van der Waals surface area contributed by atoms with Crippen LogP contribution in [0.4, 0.5) is 16.4 Å². The van der Waals surface area contributed by atoms with Gasteiger partial charge in [-0.05, 0) is 57.4 Å². The second kappa shape index (κ2) is 11.9. The van der Waals surface area contributed by atoms with Gasteiger partial charge in [0.25, 0.3) is 0 Å². The van der Waals surface area contributed by atoms with Gasteiger partial charge in [0.05, 0.1) is 33.5 Å². The van der Waals surface area contributed by atoms with Crippen LogP contribution in [0.3, 0.4) is 0 Å². The fourth-order valence-electron chi connectivity index (χ4n) is 4.67. The van der Waals surface area contributed by atoms with E-state index in [9.17, 15) is 9.59 Å². The summed E-state index contributed by atoms with van der Waals surface area (Å²) >= 11 is 1.49. The molecule has 4 aromatic rings. The first-order chi connectivity index (χ1) is 20.2. The number of carbonyl (C=O) groups is 2. The molecule has 43 heavy (non-hydrogen) atoms. The number of rotatable bonds is 8. The first kappa shape index (κ1) is 30.3. The maximum atomic E-state index is 12.8. The average Bonchev–Trinajstić information content (AvgIpc) is 3.57. The molecule has 5 rings (SSSR count). The van der Waals surface area contributed by atoms with Crippen molar-refractivity contribution in [3.05, 3.63) is 70.1 Å².